The average molecular weight is 322 g/mol. The minimum atomic E-state index is 0.382. The van der Waals surface area contributed by atoms with Gasteiger partial charge in [0.05, 0.1) is 0 Å². The van der Waals surface area contributed by atoms with E-state index in [4.69, 9.17) is 0 Å². The summed E-state index contributed by atoms with van der Waals surface area (Å²) in [6, 6.07) is 3.08. The molecule has 3 rings (SSSR count). The molecule has 0 N–H and O–H groups in total. The Kier molecular flexibility index (Phi) is 5.11. The molecule has 3 aliphatic heterocycles. The van der Waals surface area contributed by atoms with E-state index in [-0.39, 0.29) is 0 Å². The number of piperazine rings is 1. The summed E-state index contributed by atoms with van der Waals surface area (Å²) in [6.07, 6.45) is 5.61. The zero-order valence-electron chi connectivity index (χ0n) is 16.4. The van der Waals surface area contributed by atoms with Crippen molar-refractivity contribution in [3.05, 3.63) is 0 Å². The van der Waals surface area contributed by atoms with Crippen molar-refractivity contribution in [2.24, 2.45) is 5.92 Å². The second kappa shape index (κ2) is 6.65. The van der Waals surface area contributed by atoms with Crippen molar-refractivity contribution >= 4 is 0 Å². The van der Waals surface area contributed by atoms with Crippen LogP contribution in [0, 0.1) is 5.92 Å². The van der Waals surface area contributed by atoms with Gasteiger partial charge < -0.3 is 4.90 Å². The lowest BCUT2D eigenvalue weighted by Crippen LogP contribution is -2.56. The van der Waals surface area contributed by atoms with Gasteiger partial charge in [-0.05, 0) is 86.2 Å². The smallest absolute Gasteiger partial charge is 0.0244 e. The summed E-state index contributed by atoms with van der Waals surface area (Å²) >= 11 is 0. The Morgan fingerprint density at radius 2 is 1.57 bits per heavy atom. The largest absolute Gasteiger partial charge is 0.301 e. The molecule has 3 heterocycles. The molecule has 23 heavy (non-hydrogen) atoms. The van der Waals surface area contributed by atoms with E-state index in [1.165, 1.54) is 51.9 Å². The van der Waals surface area contributed by atoms with Crippen molar-refractivity contribution in [1.29, 1.82) is 0 Å². The first-order chi connectivity index (χ1) is 10.8. The summed E-state index contributed by atoms with van der Waals surface area (Å²) in [4.78, 5) is 8.26. The van der Waals surface area contributed by atoms with Crippen LogP contribution in [-0.4, -0.2) is 70.6 Å². The summed E-state index contributed by atoms with van der Waals surface area (Å²) in [5, 5.41) is 0. The van der Waals surface area contributed by atoms with Gasteiger partial charge in [0.25, 0.3) is 0 Å². The summed E-state index contributed by atoms with van der Waals surface area (Å²) in [7, 11) is 0. The highest BCUT2D eigenvalue weighted by Crippen LogP contribution is 2.40. The van der Waals surface area contributed by atoms with Crippen molar-refractivity contribution in [2.45, 2.75) is 96.9 Å². The van der Waals surface area contributed by atoms with Crippen molar-refractivity contribution in [2.75, 3.05) is 26.2 Å². The lowest BCUT2D eigenvalue weighted by molar-refractivity contribution is 0.0153. The highest BCUT2D eigenvalue weighted by molar-refractivity contribution is 5.05. The fraction of sp³-hybridized carbons (Fsp3) is 1.00. The lowest BCUT2D eigenvalue weighted by Gasteiger charge is -2.47. The molecule has 0 radical (unpaired) electrons. The first-order valence-electron chi connectivity index (χ1n) is 10.0. The molecule has 3 heteroatoms. The Bertz CT molecular complexity index is 396. The van der Waals surface area contributed by atoms with E-state index in [0.29, 0.717) is 5.54 Å². The highest BCUT2D eigenvalue weighted by atomic mass is 15.4. The minimum absolute atomic E-state index is 0.382. The van der Waals surface area contributed by atoms with Gasteiger partial charge in [-0.1, -0.05) is 0 Å². The van der Waals surface area contributed by atoms with E-state index in [1.54, 1.807) is 0 Å². The molecular weight excluding hydrogens is 282 g/mol. The molecule has 0 saturated carbocycles. The van der Waals surface area contributed by atoms with Crippen LogP contribution in [0.5, 0.6) is 0 Å². The van der Waals surface area contributed by atoms with Crippen LogP contribution in [0.25, 0.3) is 0 Å². The third-order valence-electron chi connectivity index (χ3n) is 6.89. The van der Waals surface area contributed by atoms with Crippen LogP contribution in [0.2, 0.25) is 0 Å². The lowest BCUT2D eigenvalue weighted by atomic mass is 9.82. The van der Waals surface area contributed by atoms with Crippen LogP contribution in [0.4, 0.5) is 0 Å². The number of hydrogen-bond donors (Lipinski definition) is 0. The first-order valence-corrected chi connectivity index (χ1v) is 10.0. The third-order valence-corrected chi connectivity index (χ3v) is 6.89. The maximum Gasteiger partial charge on any atom is 0.0244 e. The van der Waals surface area contributed by atoms with Gasteiger partial charge in [-0.3, -0.25) is 9.80 Å². The van der Waals surface area contributed by atoms with E-state index >= 15 is 0 Å². The van der Waals surface area contributed by atoms with Gasteiger partial charge in [0.2, 0.25) is 0 Å². The number of fused-ring (bicyclic) bond motifs is 2. The van der Waals surface area contributed by atoms with Gasteiger partial charge in [-0.15, -0.1) is 0 Å². The molecule has 0 aromatic rings. The molecular formula is C20H39N3. The van der Waals surface area contributed by atoms with Crippen LogP contribution in [0.15, 0.2) is 0 Å². The molecule has 134 valence electrons. The predicted molar refractivity (Wildman–Crippen MR) is 98.9 cm³/mol. The van der Waals surface area contributed by atoms with Gasteiger partial charge in [0.15, 0.2) is 0 Å². The van der Waals surface area contributed by atoms with Gasteiger partial charge >= 0.3 is 0 Å². The molecule has 0 aliphatic carbocycles. The molecule has 0 aromatic heterocycles. The van der Waals surface area contributed by atoms with Gasteiger partial charge in [-0.2, -0.15) is 0 Å². The Morgan fingerprint density at radius 1 is 0.913 bits per heavy atom. The molecule has 3 nitrogen and oxygen atoms in total. The van der Waals surface area contributed by atoms with E-state index in [2.05, 4.69) is 56.2 Å². The molecule has 0 amide bonds. The predicted octanol–water partition coefficient (Wildman–Crippen LogP) is 3.44. The topological polar surface area (TPSA) is 9.72 Å². The molecule has 2 atom stereocenters. The maximum atomic E-state index is 2.87. The van der Waals surface area contributed by atoms with E-state index in [0.717, 1.165) is 30.1 Å². The average Bonchev–Trinajstić information content (AvgIpc) is 3.07. The molecule has 3 fully saturated rings. The first kappa shape index (κ1) is 17.7. The number of likely N-dealkylation sites (tertiary alicyclic amines) is 3. The van der Waals surface area contributed by atoms with Crippen molar-refractivity contribution in [3.63, 3.8) is 0 Å². The molecule has 0 unspecified atom stereocenters. The normalized spacial score (nSPS) is 31.8. The summed E-state index contributed by atoms with van der Waals surface area (Å²) < 4.78 is 0. The number of rotatable bonds is 5. The SMILES string of the molecule is CC(C)N1CCC(CC(C)(C)N2C[C@@H]3C[C@H]2CN3C(C)C)CC1. The molecule has 3 aliphatic rings. The van der Waals surface area contributed by atoms with E-state index in [1.807, 2.05) is 0 Å². The van der Waals surface area contributed by atoms with Gasteiger partial charge in [-0.25, -0.2) is 0 Å². The Morgan fingerprint density at radius 3 is 2.04 bits per heavy atom. The van der Waals surface area contributed by atoms with E-state index in [9.17, 15) is 0 Å². The second-order valence-electron chi connectivity index (χ2n) is 9.58. The zero-order chi connectivity index (χ0) is 16.8. The van der Waals surface area contributed by atoms with Crippen molar-refractivity contribution < 1.29 is 0 Å². The monoisotopic (exact) mass is 321 g/mol. The van der Waals surface area contributed by atoms with Gasteiger partial charge in [0, 0.05) is 42.8 Å². The number of piperidine rings is 1. The van der Waals surface area contributed by atoms with Crippen molar-refractivity contribution in [1.82, 2.24) is 14.7 Å². The minimum Gasteiger partial charge on any atom is -0.301 e. The quantitative estimate of drug-likeness (QED) is 0.768. The molecule has 2 bridgehead atoms. The standard InChI is InChI=1S/C20H39N3/c1-15(2)21-9-7-17(8-10-21)12-20(5,6)23-14-18-11-19(23)13-22(18)16(3)4/h15-19H,7-14H2,1-6H3/t18-,19-/m0/s1. The Hall–Kier alpha value is -0.120. The van der Waals surface area contributed by atoms with Crippen LogP contribution in [0.1, 0.15) is 67.2 Å². The summed E-state index contributed by atoms with van der Waals surface area (Å²) in [6.45, 7) is 19.7. The van der Waals surface area contributed by atoms with Crippen molar-refractivity contribution in [3.8, 4) is 0 Å². The molecule has 0 spiro atoms. The van der Waals surface area contributed by atoms with Crippen LogP contribution >= 0.6 is 0 Å². The highest BCUT2D eigenvalue weighted by Gasteiger charge is 2.48. The second-order valence-corrected chi connectivity index (χ2v) is 9.58. The summed E-state index contributed by atoms with van der Waals surface area (Å²) in [5.74, 6) is 0.931. The van der Waals surface area contributed by atoms with Crippen LogP contribution in [-0.2, 0) is 0 Å². The Balaban J connectivity index is 1.53. The maximum absolute atomic E-state index is 2.87. The van der Waals surface area contributed by atoms with Crippen LogP contribution < -0.4 is 0 Å². The molecule has 3 saturated heterocycles. The zero-order valence-corrected chi connectivity index (χ0v) is 16.4. The number of nitrogens with zero attached hydrogens (tertiary/aromatic N) is 3. The Labute approximate surface area is 144 Å². The van der Waals surface area contributed by atoms with Gasteiger partial charge in [0.1, 0.15) is 0 Å². The van der Waals surface area contributed by atoms with E-state index < -0.39 is 0 Å². The fourth-order valence-corrected chi connectivity index (χ4v) is 5.57. The molecule has 0 aromatic carbocycles. The third kappa shape index (κ3) is 3.62. The number of hydrogen-bond acceptors (Lipinski definition) is 3. The fourth-order valence-electron chi connectivity index (χ4n) is 5.57. The summed E-state index contributed by atoms with van der Waals surface area (Å²) in [5.41, 5.74) is 0.382. The van der Waals surface area contributed by atoms with Crippen LogP contribution in [0.3, 0.4) is 0 Å².